The fourth-order valence-corrected chi connectivity index (χ4v) is 3.40. The quantitative estimate of drug-likeness (QED) is 0.888. The number of benzene rings is 1. The van der Waals surface area contributed by atoms with Crippen LogP contribution in [0.4, 0.5) is 0 Å². The second-order valence-electron chi connectivity index (χ2n) is 6.54. The van der Waals surface area contributed by atoms with Crippen molar-refractivity contribution < 1.29 is 4.79 Å². The van der Waals surface area contributed by atoms with E-state index in [4.69, 9.17) is 0 Å². The monoisotopic (exact) mass is 326 g/mol. The Morgan fingerprint density at radius 2 is 2.21 bits per heavy atom. The second-order valence-corrected chi connectivity index (χ2v) is 6.54. The standard InChI is InChI=1S/C19H26N4O/c1-22-12-5-4-7-17(22)9-10-19(24)21-14-16-6-2-3-8-18(16)23-13-11-20-15-23/h2-3,6,8,11,13,15,17H,4-5,7,9-10,12,14H2,1H3,(H,21,24)/t17-/m1/s1. The molecule has 1 fully saturated rings. The van der Waals surface area contributed by atoms with E-state index in [1.54, 1.807) is 12.5 Å². The molecule has 1 aromatic heterocycles. The average Bonchev–Trinajstić information content (AvgIpc) is 3.14. The number of hydrogen-bond acceptors (Lipinski definition) is 3. The summed E-state index contributed by atoms with van der Waals surface area (Å²) < 4.78 is 1.97. The first-order chi connectivity index (χ1) is 11.7. The first-order valence-corrected chi connectivity index (χ1v) is 8.77. The van der Waals surface area contributed by atoms with Gasteiger partial charge in [0, 0.05) is 31.4 Å². The van der Waals surface area contributed by atoms with Crippen LogP contribution in [0.15, 0.2) is 43.0 Å². The maximum absolute atomic E-state index is 12.2. The summed E-state index contributed by atoms with van der Waals surface area (Å²) in [5, 5.41) is 3.06. The molecule has 1 aliphatic heterocycles. The smallest absolute Gasteiger partial charge is 0.220 e. The molecule has 1 saturated heterocycles. The van der Waals surface area contributed by atoms with Gasteiger partial charge in [0.25, 0.3) is 0 Å². The van der Waals surface area contributed by atoms with Crippen LogP contribution >= 0.6 is 0 Å². The van der Waals surface area contributed by atoms with Crippen LogP contribution in [0.25, 0.3) is 5.69 Å². The molecule has 0 radical (unpaired) electrons. The predicted octanol–water partition coefficient (Wildman–Crippen LogP) is 2.75. The van der Waals surface area contributed by atoms with Crippen LogP contribution in [0.3, 0.4) is 0 Å². The van der Waals surface area contributed by atoms with E-state index < -0.39 is 0 Å². The molecule has 2 heterocycles. The zero-order chi connectivity index (χ0) is 16.8. The summed E-state index contributed by atoms with van der Waals surface area (Å²) >= 11 is 0. The van der Waals surface area contributed by atoms with Crippen LogP contribution < -0.4 is 5.32 Å². The van der Waals surface area contributed by atoms with Crippen LogP contribution in [0.2, 0.25) is 0 Å². The number of nitrogens with zero attached hydrogens (tertiary/aromatic N) is 3. The lowest BCUT2D eigenvalue weighted by molar-refractivity contribution is -0.121. The lowest BCUT2D eigenvalue weighted by atomic mass is 9.98. The van der Waals surface area contributed by atoms with E-state index in [0.29, 0.717) is 19.0 Å². The highest BCUT2D eigenvalue weighted by molar-refractivity contribution is 5.76. The summed E-state index contributed by atoms with van der Waals surface area (Å²) in [6.45, 7) is 1.71. The highest BCUT2D eigenvalue weighted by Gasteiger charge is 2.19. The zero-order valence-corrected chi connectivity index (χ0v) is 14.3. The Balaban J connectivity index is 1.52. The predicted molar refractivity (Wildman–Crippen MR) is 94.9 cm³/mol. The normalized spacial score (nSPS) is 18.5. The summed E-state index contributed by atoms with van der Waals surface area (Å²) in [6, 6.07) is 8.64. The zero-order valence-electron chi connectivity index (χ0n) is 14.3. The Bertz CT molecular complexity index is 653. The first-order valence-electron chi connectivity index (χ1n) is 8.77. The molecule has 2 aromatic rings. The number of likely N-dealkylation sites (tertiary alicyclic amines) is 1. The fourth-order valence-electron chi connectivity index (χ4n) is 3.40. The maximum atomic E-state index is 12.2. The molecule has 1 aliphatic rings. The van der Waals surface area contributed by atoms with Gasteiger partial charge in [-0.3, -0.25) is 4.79 Å². The molecule has 0 unspecified atom stereocenters. The summed E-state index contributed by atoms with van der Waals surface area (Å²) in [4.78, 5) is 18.7. The van der Waals surface area contributed by atoms with Crippen molar-refractivity contribution in [2.24, 2.45) is 0 Å². The lowest BCUT2D eigenvalue weighted by Gasteiger charge is -2.32. The first kappa shape index (κ1) is 16.7. The van der Waals surface area contributed by atoms with Crippen molar-refractivity contribution in [1.82, 2.24) is 19.8 Å². The van der Waals surface area contributed by atoms with Gasteiger partial charge >= 0.3 is 0 Å². The Hall–Kier alpha value is -2.14. The van der Waals surface area contributed by atoms with E-state index in [2.05, 4.69) is 22.2 Å². The molecule has 128 valence electrons. The van der Waals surface area contributed by atoms with E-state index >= 15 is 0 Å². The SMILES string of the molecule is CN1CCCC[C@@H]1CCC(=O)NCc1ccccc1-n1ccnc1. The molecule has 0 aliphatic carbocycles. The van der Waals surface area contributed by atoms with Gasteiger partial charge in [0.1, 0.15) is 0 Å². The van der Waals surface area contributed by atoms with Gasteiger partial charge in [-0.1, -0.05) is 24.6 Å². The minimum Gasteiger partial charge on any atom is -0.352 e. The Kier molecular flexibility index (Phi) is 5.64. The van der Waals surface area contributed by atoms with Gasteiger partial charge < -0.3 is 14.8 Å². The number of piperidine rings is 1. The number of aromatic nitrogens is 2. The van der Waals surface area contributed by atoms with Gasteiger partial charge in [0.05, 0.1) is 12.0 Å². The summed E-state index contributed by atoms with van der Waals surface area (Å²) in [5.74, 6) is 0.134. The summed E-state index contributed by atoms with van der Waals surface area (Å²) in [5.41, 5.74) is 2.15. The molecular weight excluding hydrogens is 300 g/mol. The maximum Gasteiger partial charge on any atom is 0.220 e. The van der Waals surface area contributed by atoms with Crippen molar-refractivity contribution in [3.63, 3.8) is 0 Å². The van der Waals surface area contributed by atoms with Gasteiger partial charge in [0.2, 0.25) is 5.91 Å². The van der Waals surface area contributed by atoms with Crippen LogP contribution in [-0.4, -0.2) is 40.0 Å². The van der Waals surface area contributed by atoms with Gasteiger partial charge in [0.15, 0.2) is 0 Å². The fraction of sp³-hybridized carbons (Fsp3) is 0.474. The van der Waals surface area contributed by atoms with Gasteiger partial charge in [-0.15, -0.1) is 0 Å². The molecule has 0 saturated carbocycles. The van der Waals surface area contributed by atoms with Crippen molar-refractivity contribution in [3.05, 3.63) is 48.5 Å². The van der Waals surface area contributed by atoms with Crippen molar-refractivity contribution in [2.45, 2.75) is 44.7 Å². The Morgan fingerprint density at radius 1 is 1.33 bits per heavy atom. The Morgan fingerprint density at radius 3 is 3.00 bits per heavy atom. The summed E-state index contributed by atoms with van der Waals surface area (Å²) in [7, 11) is 2.17. The molecule has 1 atom stereocenters. The van der Waals surface area contributed by atoms with E-state index in [1.165, 1.54) is 19.3 Å². The molecule has 1 amide bonds. The molecule has 5 nitrogen and oxygen atoms in total. The van der Waals surface area contributed by atoms with Crippen LogP contribution in [0.5, 0.6) is 0 Å². The summed E-state index contributed by atoms with van der Waals surface area (Å²) in [6.07, 6.45) is 10.8. The molecule has 0 bridgehead atoms. The van der Waals surface area contributed by atoms with Crippen molar-refractivity contribution in [3.8, 4) is 5.69 Å². The van der Waals surface area contributed by atoms with E-state index in [1.807, 2.05) is 35.0 Å². The number of para-hydroxylation sites is 1. The number of rotatable bonds is 6. The van der Waals surface area contributed by atoms with Crippen molar-refractivity contribution in [1.29, 1.82) is 0 Å². The molecule has 1 N–H and O–H groups in total. The molecule has 0 spiro atoms. The van der Waals surface area contributed by atoms with E-state index in [-0.39, 0.29) is 5.91 Å². The number of nitrogens with one attached hydrogen (secondary N) is 1. The Labute approximate surface area is 143 Å². The van der Waals surface area contributed by atoms with Gasteiger partial charge in [-0.25, -0.2) is 4.98 Å². The molecule has 5 heteroatoms. The third-order valence-electron chi connectivity index (χ3n) is 4.88. The average molecular weight is 326 g/mol. The minimum absolute atomic E-state index is 0.134. The minimum atomic E-state index is 0.134. The topological polar surface area (TPSA) is 50.2 Å². The third kappa shape index (κ3) is 4.23. The number of hydrogen-bond donors (Lipinski definition) is 1. The van der Waals surface area contributed by atoms with Gasteiger partial charge in [-0.05, 0) is 44.5 Å². The molecule has 24 heavy (non-hydrogen) atoms. The molecule has 1 aromatic carbocycles. The number of amides is 1. The number of carbonyl (C=O) groups is 1. The second kappa shape index (κ2) is 8.11. The molecule has 3 rings (SSSR count). The number of carbonyl (C=O) groups excluding carboxylic acids is 1. The van der Waals surface area contributed by atoms with Crippen LogP contribution in [0, 0.1) is 0 Å². The van der Waals surface area contributed by atoms with Crippen molar-refractivity contribution in [2.75, 3.05) is 13.6 Å². The highest BCUT2D eigenvalue weighted by atomic mass is 16.1. The third-order valence-corrected chi connectivity index (χ3v) is 4.88. The number of imidazole rings is 1. The van der Waals surface area contributed by atoms with Crippen molar-refractivity contribution >= 4 is 5.91 Å². The highest BCUT2D eigenvalue weighted by Crippen LogP contribution is 2.19. The van der Waals surface area contributed by atoms with Crippen LogP contribution in [-0.2, 0) is 11.3 Å². The van der Waals surface area contributed by atoms with Gasteiger partial charge in [-0.2, -0.15) is 0 Å². The van der Waals surface area contributed by atoms with E-state index in [0.717, 1.165) is 24.2 Å². The van der Waals surface area contributed by atoms with E-state index in [9.17, 15) is 4.79 Å². The van der Waals surface area contributed by atoms with Crippen LogP contribution in [0.1, 0.15) is 37.7 Å². The largest absolute Gasteiger partial charge is 0.352 e. The lowest BCUT2D eigenvalue weighted by Crippen LogP contribution is -2.37. The molecular formula is C19H26N4O.